The predicted molar refractivity (Wildman–Crippen MR) is 110 cm³/mol. The molecule has 7 nitrogen and oxygen atoms in total. The molecule has 1 saturated heterocycles. The van der Waals surface area contributed by atoms with Gasteiger partial charge in [-0.1, -0.05) is 11.8 Å². The molecule has 2 aromatic heterocycles. The first-order valence-electron chi connectivity index (χ1n) is 9.54. The van der Waals surface area contributed by atoms with E-state index >= 15 is 0 Å². The fraction of sp³-hybridized carbons (Fsp3) is 0.579. The van der Waals surface area contributed by atoms with E-state index in [0.29, 0.717) is 26.3 Å². The summed E-state index contributed by atoms with van der Waals surface area (Å²) in [5, 5.41) is 2.02. The van der Waals surface area contributed by atoms with Crippen molar-refractivity contribution in [1.82, 2.24) is 19.8 Å². The molecule has 0 radical (unpaired) electrons. The molecule has 1 aliphatic carbocycles. The molecular formula is C19H24N4O3S2. The number of nitrogens with zero attached hydrogens (tertiary/aromatic N) is 4. The number of aryl methyl sites for hydroxylation is 3. The Morgan fingerprint density at radius 1 is 1.25 bits per heavy atom. The summed E-state index contributed by atoms with van der Waals surface area (Å²) in [4.78, 5) is 39.9. The number of morpholine rings is 1. The lowest BCUT2D eigenvalue weighted by molar-refractivity contribution is -0.140. The number of aromatic nitrogens is 2. The van der Waals surface area contributed by atoms with Gasteiger partial charge < -0.3 is 14.5 Å². The molecule has 2 aliphatic rings. The van der Waals surface area contributed by atoms with Gasteiger partial charge in [-0.15, -0.1) is 11.3 Å². The minimum Gasteiger partial charge on any atom is -0.378 e. The lowest BCUT2D eigenvalue weighted by Crippen LogP contribution is -2.46. The van der Waals surface area contributed by atoms with E-state index in [0.717, 1.165) is 33.9 Å². The maximum atomic E-state index is 12.6. The Morgan fingerprint density at radius 3 is 2.82 bits per heavy atom. The van der Waals surface area contributed by atoms with Gasteiger partial charge in [-0.25, -0.2) is 9.97 Å². The van der Waals surface area contributed by atoms with Crippen molar-refractivity contribution in [2.45, 2.75) is 31.2 Å². The molecule has 2 aromatic rings. The molecule has 0 bridgehead atoms. The van der Waals surface area contributed by atoms with Crippen LogP contribution in [0.2, 0.25) is 0 Å². The maximum Gasteiger partial charge on any atom is 0.242 e. The normalized spacial score (nSPS) is 16.4. The number of rotatable bonds is 5. The van der Waals surface area contributed by atoms with Crippen LogP contribution in [0.25, 0.3) is 10.2 Å². The quantitative estimate of drug-likeness (QED) is 0.543. The van der Waals surface area contributed by atoms with Gasteiger partial charge in [0.15, 0.2) is 0 Å². The van der Waals surface area contributed by atoms with Crippen molar-refractivity contribution < 1.29 is 14.3 Å². The molecule has 0 unspecified atom stereocenters. The topological polar surface area (TPSA) is 75.6 Å². The fourth-order valence-corrected chi connectivity index (χ4v) is 6.03. The first kappa shape index (κ1) is 19.6. The highest BCUT2D eigenvalue weighted by Crippen LogP contribution is 2.40. The number of ether oxygens (including phenoxy) is 1. The first-order chi connectivity index (χ1) is 13.5. The van der Waals surface area contributed by atoms with Crippen molar-refractivity contribution in [2.75, 3.05) is 45.6 Å². The van der Waals surface area contributed by atoms with Crippen LogP contribution in [-0.2, 0) is 27.2 Å². The van der Waals surface area contributed by atoms with E-state index in [9.17, 15) is 9.59 Å². The fourth-order valence-electron chi connectivity index (χ4n) is 3.61. The molecule has 150 valence electrons. The summed E-state index contributed by atoms with van der Waals surface area (Å²) in [7, 11) is 1.68. The van der Waals surface area contributed by atoms with Crippen LogP contribution in [0.3, 0.4) is 0 Å². The second-order valence-corrected chi connectivity index (χ2v) is 9.19. The monoisotopic (exact) mass is 420 g/mol. The van der Waals surface area contributed by atoms with E-state index in [1.165, 1.54) is 33.5 Å². The number of thioether (sulfide) groups is 1. The van der Waals surface area contributed by atoms with Crippen molar-refractivity contribution in [3.63, 3.8) is 0 Å². The highest BCUT2D eigenvalue weighted by atomic mass is 32.2. The van der Waals surface area contributed by atoms with Gasteiger partial charge in [-0.2, -0.15) is 0 Å². The number of carbonyl (C=O) groups excluding carboxylic acids is 2. The largest absolute Gasteiger partial charge is 0.378 e. The average molecular weight is 421 g/mol. The van der Waals surface area contributed by atoms with Gasteiger partial charge >= 0.3 is 0 Å². The third-order valence-electron chi connectivity index (χ3n) is 5.14. The van der Waals surface area contributed by atoms with Gasteiger partial charge in [0.05, 0.1) is 25.5 Å². The lowest BCUT2D eigenvalue weighted by Gasteiger charge is -2.28. The zero-order valence-corrected chi connectivity index (χ0v) is 17.8. The summed E-state index contributed by atoms with van der Waals surface area (Å²) in [6, 6.07) is 0. The van der Waals surface area contributed by atoms with E-state index in [-0.39, 0.29) is 24.1 Å². The van der Waals surface area contributed by atoms with E-state index < -0.39 is 0 Å². The highest BCUT2D eigenvalue weighted by Gasteiger charge is 2.24. The van der Waals surface area contributed by atoms with E-state index in [1.807, 2.05) is 6.92 Å². The van der Waals surface area contributed by atoms with Crippen LogP contribution in [0.4, 0.5) is 0 Å². The third-order valence-corrected chi connectivity index (χ3v) is 7.28. The second-order valence-electron chi connectivity index (χ2n) is 7.15. The first-order valence-corrected chi connectivity index (χ1v) is 11.3. The maximum absolute atomic E-state index is 12.6. The summed E-state index contributed by atoms with van der Waals surface area (Å²) in [5.74, 6) is 0.907. The Labute approximate surface area is 172 Å². The number of thiophene rings is 1. The highest BCUT2D eigenvalue weighted by molar-refractivity contribution is 8.00. The van der Waals surface area contributed by atoms with Crippen LogP contribution in [0, 0.1) is 6.92 Å². The van der Waals surface area contributed by atoms with Crippen molar-refractivity contribution >= 4 is 45.1 Å². The van der Waals surface area contributed by atoms with Crippen LogP contribution in [-0.4, -0.2) is 77.2 Å². The number of carbonyl (C=O) groups is 2. The molecule has 0 spiro atoms. The number of hydrogen-bond acceptors (Lipinski definition) is 7. The summed E-state index contributed by atoms with van der Waals surface area (Å²) < 4.78 is 5.27. The number of likely N-dealkylation sites (N-methyl/N-ethyl adjacent to an activating group) is 1. The van der Waals surface area contributed by atoms with E-state index in [2.05, 4.69) is 9.97 Å². The van der Waals surface area contributed by atoms with Crippen molar-refractivity contribution in [2.24, 2.45) is 0 Å². The van der Waals surface area contributed by atoms with Gasteiger partial charge in [0, 0.05) is 30.4 Å². The minimum absolute atomic E-state index is 0.0277. The Balaban J connectivity index is 1.41. The second kappa shape index (κ2) is 8.34. The predicted octanol–water partition coefficient (Wildman–Crippen LogP) is 1.90. The number of fused-ring (bicyclic) bond motifs is 3. The molecule has 0 atom stereocenters. The molecule has 1 fully saturated rings. The molecular weight excluding hydrogens is 396 g/mol. The van der Waals surface area contributed by atoms with Crippen molar-refractivity contribution in [3.8, 4) is 0 Å². The SMILES string of the molecule is Cc1nc(SCC(=O)N(C)CC(=O)N2CCOCC2)c2c3c(sc2n1)CCC3. The van der Waals surface area contributed by atoms with Crippen LogP contribution < -0.4 is 0 Å². The van der Waals surface area contributed by atoms with Gasteiger partial charge in [0.1, 0.15) is 15.7 Å². The Bertz CT molecular complexity index is 908. The smallest absolute Gasteiger partial charge is 0.242 e. The van der Waals surface area contributed by atoms with Crippen LogP contribution in [0.1, 0.15) is 22.7 Å². The summed E-state index contributed by atoms with van der Waals surface area (Å²) in [5.41, 5.74) is 1.37. The van der Waals surface area contributed by atoms with E-state index in [1.54, 1.807) is 23.3 Å². The molecule has 28 heavy (non-hydrogen) atoms. The van der Waals surface area contributed by atoms with Crippen LogP contribution in [0.5, 0.6) is 0 Å². The van der Waals surface area contributed by atoms with Crippen LogP contribution in [0.15, 0.2) is 5.03 Å². The summed E-state index contributed by atoms with van der Waals surface area (Å²) in [6.07, 6.45) is 3.36. The molecule has 4 rings (SSSR count). The standard InChI is InChI=1S/C19H24N4O3S2/c1-12-20-18(17-13-4-3-5-14(13)28-19(17)21-12)27-11-16(25)22(2)10-15(24)23-6-8-26-9-7-23/h3-11H2,1-2H3. The number of amides is 2. The third kappa shape index (κ3) is 4.01. The van der Waals surface area contributed by atoms with E-state index in [4.69, 9.17) is 4.74 Å². The molecule has 9 heteroatoms. The van der Waals surface area contributed by atoms with Crippen molar-refractivity contribution in [1.29, 1.82) is 0 Å². The molecule has 0 N–H and O–H groups in total. The van der Waals surface area contributed by atoms with Gasteiger partial charge in [0.25, 0.3) is 0 Å². The lowest BCUT2D eigenvalue weighted by atomic mass is 10.2. The van der Waals surface area contributed by atoms with Gasteiger partial charge in [-0.05, 0) is 31.7 Å². The zero-order chi connectivity index (χ0) is 19.7. The van der Waals surface area contributed by atoms with Gasteiger partial charge in [-0.3, -0.25) is 9.59 Å². The minimum atomic E-state index is -0.0668. The molecule has 3 heterocycles. The molecule has 0 saturated carbocycles. The Morgan fingerprint density at radius 2 is 2.04 bits per heavy atom. The molecule has 1 aliphatic heterocycles. The Hall–Kier alpha value is -1.71. The number of hydrogen-bond donors (Lipinski definition) is 0. The van der Waals surface area contributed by atoms with Crippen LogP contribution >= 0.6 is 23.1 Å². The van der Waals surface area contributed by atoms with Crippen molar-refractivity contribution in [3.05, 3.63) is 16.3 Å². The zero-order valence-electron chi connectivity index (χ0n) is 16.2. The average Bonchev–Trinajstić information content (AvgIpc) is 3.27. The Kier molecular flexibility index (Phi) is 5.84. The van der Waals surface area contributed by atoms with Gasteiger partial charge in [0.2, 0.25) is 11.8 Å². The summed E-state index contributed by atoms with van der Waals surface area (Å²) >= 11 is 3.21. The molecule has 2 amide bonds. The summed E-state index contributed by atoms with van der Waals surface area (Å²) in [6.45, 7) is 4.31. The molecule has 0 aromatic carbocycles.